The third-order valence-corrected chi connectivity index (χ3v) is 2.31. The molecule has 2 aromatic heterocycles. The Morgan fingerprint density at radius 3 is 3.00 bits per heavy atom. The lowest BCUT2D eigenvalue weighted by Gasteiger charge is -2.09. The summed E-state index contributed by atoms with van der Waals surface area (Å²) in [6.45, 7) is 0.280. The van der Waals surface area contributed by atoms with Gasteiger partial charge in [-0.3, -0.25) is 14.3 Å². The highest BCUT2D eigenvalue weighted by molar-refractivity contribution is 5.60. The zero-order valence-corrected chi connectivity index (χ0v) is 9.06. The maximum absolute atomic E-state index is 11.5. The van der Waals surface area contributed by atoms with Crippen molar-refractivity contribution in [2.24, 2.45) is 7.05 Å². The molecule has 2 rings (SSSR count). The Morgan fingerprint density at radius 1 is 1.59 bits per heavy atom. The first-order valence-corrected chi connectivity index (χ1v) is 4.81. The van der Waals surface area contributed by atoms with Crippen molar-refractivity contribution in [3.05, 3.63) is 38.9 Å². The smallest absolute Gasteiger partial charge is 0.329 e. The molecule has 0 saturated heterocycles. The van der Waals surface area contributed by atoms with Gasteiger partial charge < -0.3 is 15.6 Å². The van der Waals surface area contributed by atoms with E-state index in [-0.39, 0.29) is 18.1 Å². The van der Waals surface area contributed by atoms with Crippen LogP contribution in [0.15, 0.2) is 26.4 Å². The average Bonchev–Trinajstić information content (AvgIpc) is 2.79. The van der Waals surface area contributed by atoms with Gasteiger partial charge in [-0.15, -0.1) is 0 Å². The van der Waals surface area contributed by atoms with Crippen LogP contribution in [-0.4, -0.2) is 14.7 Å². The number of aromatic nitrogens is 3. The molecule has 4 N–H and O–H groups in total. The van der Waals surface area contributed by atoms with Gasteiger partial charge in [0, 0.05) is 13.1 Å². The van der Waals surface area contributed by atoms with E-state index in [9.17, 15) is 9.59 Å². The van der Waals surface area contributed by atoms with E-state index < -0.39 is 11.2 Å². The Bertz CT molecular complexity index is 625. The summed E-state index contributed by atoms with van der Waals surface area (Å²) in [7, 11) is 1.47. The molecule has 0 atom stereocenters. The molecule has 2 aromatic rings. The summed E-state index contributed by atoms with van der Waals surface area (Å²) in [4.78, 5) is 24.9. The van der Waals surface area contributed by atoms with Crippen molar-refractivity contribution < 1.29 is 4.52 Å². The van der Waals surface area contributed by atoms with E-state index in [4.69, 9.17) is 5.73 Å². The van der Waals surface area contributed by atoms with E-state index in [0.717, 1.165) is 4.57 Å². The predicted molar refractivity (Wildman–Crippen MR) is 60.5 cm³/mol. The lowest BCUT2D eigenvalue weighted by atomic mass is 10.4. The Hall–Kier alpha value is -2.51. The number of aromatic amines is 1. The SMILES string of the molecule is Cn1c(N)c(NCc2ccon2)c(=O)[nH]c1=O. The van der Waals surface area contributed by atoms with Crippen LogP contribution < -0.4 is 22.3 Å². The minimum Gasteiger partial charge on any atom is -0.383 e. The molecule has 0 aliphatic rings. The van der Waals surface area contributed by atoms with Gasteiger partial charge in [-0.1, -0.05) is 5.16 Å². The third-order valence-electron chi connectivity index (χ3n) is 2.31. The maximum atomic E-state index is 11.5. The van der Waals surface area contributed by atoms with E-state index in [2.05, 4.69) is 20.0 Å². The molecule has 0 bridgehead atoms. The van der Waals surface area contributed by atoms with Crippen molar-refractivity contribution in [2.75, 3.05) is 11.1 Å². The maximum Gasteiger partial charge on any atom is 0.329 e. The number of rotatable bonds is 3. The highest BCUT2D eigenvalue weighted by atomic mass is 16.5. The van der Waals surface area contributed by atoms with E-state index in [1.54, 1.807) is 6.07 Å². The number of nitrogens with two attached hydrogens (primary N) is 1. The summed E-state index contributed by atoms with van der Waals surface area (Å²) >= 11 is 0. The zero-order valence-electron chi connectivity index (χ0n) is 9.06. The van der Waals surface area contributed by atoms with Crippen LogP contribution in [0.3, 0.4) is 0 Å². The van der Waals surface area contributed by atoms with Gasteiger partial charge in [0.25, 0.3) is 5.56 Å². The second-order valence-corrected chi connectivity index (χ2v) is 3.42. The predicted octanol–water partition coefficient (Wildman–Crippen LogP) is -0.744. The number of anilines is 2. The Labute approximate surface area is 95.0 Å². The Kier molecular flexibility index (Phi) is 2.69. The van der Waals surface area contributed by atoms with Crippen LogP contribution in [0.2, 0.25) is 0 Å². The Morgan fingerprint density at radius 2 is 2.35 bits per heavy atom. The third kappa shape index (κ3) is 2.05. The molecule has 0 amide bonds. The van der Waals surface area contributed by atoms with Gasteiger partial charge in [0.15, 0.2) is 0 Å². The van der Waals surface area contributed by atoms with E-state index in [1.807, 2.05) is 0 Å². The second-order valence-electron chi connectivity index (χ2n) is 3.42. The topological polar surface area (TPSA) is 119 Å². The first-order chi connectivity index (χ1) is 8.09. The highest BCUT2D eigenvalue weighted by Crippen LogP contribution is 2.09. The van der Waals surface area contributed by atoms with Crippen LogP contribution in [0.1, 0.15) is 5.69 Å². The van der Waals surface area contributed by atoms with Crippen molar-refractivity contribution in [1.82, 2.24) is 14.7 Å². The van der Waals surface area contributed by atoms with Crippen molar-refractivity contribution in [3.63, 3.8) is 0 Å². The van der Waals surface area contributed by atoms with Crippen LogP contribution in [0.4, 0.5) is 11.5 Å². The molecule has 8 heteroatoms. The Balaban J connectivity index is 2.30. The van der Waals surface area contributed by atoms with Gasteiger partial charge >= 0.3 is 5.69 Å². The molecule has 8 nitrogen and oxygen atoms in total. The van der Waals surface area contributed by atoms with Gasteiger partial charge in [-0.05, 0) is 0 Å². The lowest BCUT2D eigenvalue weighted by Crippen LogP contribution is -2.32. The minimum atomic E-state index is -0.561. The minimum absolute atomic E-state index is 0.0715. The number of H-pyrrole nitrogens is 1. The van der Waals surface area contributed by atoms with Gasteiger partial charge in [0.1, 0.15) is 23.5 Å². The number of hydrogen-bond acceptors (Lipinski definition) is 6. The molecule has 0 unspecified atom stereocenters. The quantitative estimate of drug-likeness (QED) is 0.646. The lowest BCUT2D eigenvalue weighted by molar-refractivity contribution is 0.412. The molecule has 0 fully saturated rings. The summed E-state index contributed by atoms with van der Waals surface area (Å²) in [6, 6.07) is 1.65. The van der Waals surface area contributed by atoms with Crippen LogP contribution in [0.25, 0.3) is 0 Å². The molecule has 0 aliphatic heterocycles. The summed E-state index contributed by atoms with van der Waals surface area (Å²) in [6.07, 6.45) is 1.42. The summed E-state index contributed by atoms with van der Waals surface area (Å²) in [5.41, 5.74) is 5.30. The largest absolute Gasteiger partial charge is 0.383 e. The van der Waals surface area contributed by atoms with E-state index >= 15 is 0 Å². The summed E-state index contributed by atoms with van der Waals surface area (Å²) in [5.74, 6) is 0.0715. The number of nitrogens with one attached hydrogen (secondary N) is 2. The monoisotopic (exact) mass is 237 g/mol. The van der Waals surface area contributed by atoms with Crippen molar-refractivity contribution in [2.45, 2.75) is 6.54 Å². The van der Waals surface area contributed by atoms with Crippen molar-refractivity contribution >= 4 is 11.5 Å². The fraction of sp³-hybridized carbons (Fsp3) is 0.222. The molecule has 0 spiro atoms. The van der Waals surface area contributed by atoms with Crippen LogP contribution in [0, 0.1) is 0 Å². The van der Waals surface area contributed by atoms with E-state index in [0.29, 0.717) is 5.69 Å². The van der Waals surface area contributed by atoms with Crippen LogP contribution in [0.5, 0.6) is 0 Å². The fourth-order valence-corrected chi connectivity index (χ4v) is 1.32. The fourth-order valence-electron chi connectivity index (χ4n) is 1.32. The van der Waals surface area contributed by atoms with Gasteiger partial charge in [-0.25, -0.2) is 4.79 Å². The molecule has 17 heavy (non-hydrogen) atoms. The number of hydrogen-bond donors (Lipinski definition) is 3. The number of nitrogens with zero attached hydrogens (tertiary/aromatic N) is 2. The second kappa shape index (κ2) is 4.16. The molecular weight excluding hydrogens is 226 g/mol. The van der Waals surface area contributed by atoms with Crippen LogP contribution in [-0.2, 0) is 13.6 Å². The molecule has 90 valence electrons. The molecular formula is C9H11N5O3. The molecule has 0 saturated carbocycles. The first-order valence-electron chi connectivity index (χ1n) is 4.81. The normalized spacial score (nSPS) is 10.4. The molecule has 0 aliphatic carbocycles. The van der Waals surface area contributed by atoms with Gasteiger partial charge in [-0.2, -0.15) is 0 Å². The summed E-state index contributed by atoms with van der Waals surface area (Å²) in [5, 5.41) is 6.47. The molecule has 2 heterocycles. The standard InChI is InChI=1S/C9H11N5O3/c1-14-7(10)6(8(15)12-9(14)16)11-4-5-2-3-17-13-5/h2-3,11H,4,10H2,1H3,(H,12,15,16). The number of nitrogen functional groups attached to an aromatic ring is 1. The zero-order chi connectivity index (χ0) is 12.4. The summed E-state index contributed by atoms with van der Waals surface area (Å²) < 4.78 is 5.79. The van der Waals surface area contributed by atoms with Crippen molar-refractivity contribution in [3.8, 4) is 0 Å². The molecule has 0 aromatic carbocycles. The molecule has 0 radical (unpaired) electrons. The van der Waals surface area contributed by atoms with Gasteiger partial charge in [0.2, 0.25) is 0 Å². The van der Waals surface area contributed by atoms with E-state index in [1.165, 1.54) is 13.3 Å². The average molecular weight is 237 g/mol. The first kappa shape index (κ1) is 11.0. The van der Waals surface area contributed by atoms with Crippen LogP contribution >= 0.6 is 0 Å². The highest BCUT2D eigenvalue weighted by Gasteiger charge is 2.09. The van der Waals surface area contributed by atoms with Gasteiger partial charge in [0.05, 0.1) is 6.54 Å². The van der Waals surface area contributed by atoms with Crippen molar-refractivity contribution in [1.29, 1.82) is 0 Å².